The number of aryl methyl sites for hydroxylation is 1. The third-order valence-corrected chi connectivity index (χ3v) is 4.34. The largest absolute Gasteiger partial charge is 0.282 e. The lowest BCUT2D eigenvalue weighted by atomic mass is 10.2. The fraction of sp³-hybridized carbons (Fsp3) is 0.0769. The highest BCUT2D eigenvalue weighted by atomic mass is 35.5. The van der Waals surface area contributed by atoms with Crippen molar-refractivity contribution >= 4 is 27.9 Å². The van der Waals surface area contributed by atoms with Crippen LogP contribution < -0.4 is 0 Å². The van der Waals surface area contributed by atoms with Crippen molar-refractivity contribution in [1.82, 2.24) is 30.0 Å². The summed E-state index contributed by atoms with van der Waals surface area (Å²) in [7, 11) is 0. The minimum absolute atomic E-state index is 0.687. The van der Waals surface area contributed by atoms with Gasteiger partial charge in [0.15, 0.2) is 10.8 Å². The SMILES string of the molecule is Cc1[nH]ncc1-c1nn2c(-c3ccc(Cl)cc3)nnc2s1. The molecular formula is C13H9ClN6S. The lowest BCUT2D eigenvalue weighted by Gasteiger charge is -1.97. The number of hydrogen-bond donors (Lipinski definition) is 1. The first-order chi connectivity index (χ1) is 10.2. The van der Waals surface area contributed by atoms with E-state index in [4.69, 9.17) is 11.6 Å². The molecule has 0 aliphatic carbocycles. The molecule has 8 heteroatoms. The predicted molar refractivity (Wildman–Crippen MR) is 81.4 cm³/mol. The van der Waals surface area contributed by atoms with E-state index in [2.05, 4.69) is 25.5 Å². The van der Waals surface area contributed by atoms with Crippen molar-refractivity contribution in [2.45, 2.75) is 6.92 Å². The van der Waals surface area contributed by atoms with Crippen LogP contribution in [0.4, 0.5) is 0 Å². The number of halogens is 1. The fourth-order valence-electron chi connectivity index (χ4n) is 2.07. The van der Waals surface area contributed by atoms with Crippen LogP contribution in [-0.2, 0) is 0 Å². The Kier molecular flexibility index (Phi) is 2.76. The highest BCUT2D eigenvalue weighted by molar-refractivity contribution is 7.19. The minimum atomic E-state index is 0.687. The van der Waals surface area contributed by atoms with E-state index in [9.17, 15) is 0 Å². The minimum Gasteiger partial charge on any atom is -0.282 e. The Morgan fingerprint density at radius 3 is 2.71 bits per heavy atom. The summed E-state index contributed by atoms with van der Waals surface area (Å²) >= 11 is 7.39. The van der Waals surface area contributed by atoms with Crippen molar-refractivity contribution in [3.05, 3.63) is 41.2 Å². The van der Waals surface area contributed by atoms with E-state index in [0.29, 0.717) is 10.8 Å². The average molecular weight is 317 g/mol. The maximum Gasteiger partial charge on any atom is 0.235 e. The molecule has 0 radical (unpaired) electrons. The number of hydrogen-bond acceptors (Lipinski definition) is 5. The molecule has 3 aromatic heterocycles. The normalized spacial score (nSPS) is 11.3. The summed E-state index contributed by atoms with van der Waals surface area (Å²) in [6.45, 7) is 1.96. The summed E-state index contributed by atoms with van der Waals surface area (Å²) in [5.74, 6) is 0.699. The number of benzene rings is 1. The second kappa shape index (κ2) is 4.64. The second-order valence-corrected chi connectivity index (χ2v) is 5.93. The van der Waals surface area contributed by atoms with Crippen molar-refractivity contribution in [3.63, 3.8) is 0 Å². The van der Waals surface area contributed by atoms with Gasteiger partial charge in [-0.3, -0.25) is 5.10 Å². The summed E-state index contributed by atoms with van der Waals surface area (Å²) in [6, 6.07) is 7.46. The number of aromatic amines is 1. The van der Waals surface area contributed by atoms with Crippen molar-refractivity contribution < 1.29 is 0 Å². The number of H-pyrrole nitrogens is 1. The van der Waals surface area contributed by atoms with Crippen LogP contribution >= 0.6 is 22.9 Å². The summed E-state index contributed by atoms with van der Waals surface area (Å²) < 4.78 is 1.75. The smallest absolute Gasteiger partial charge is 0.235 e. The Hall–Kier alpha value is -2.25. The Morgan fingerprint density at radius 1 is 1.19 bits per heavy atom. The molecule has 0 saturated carbocycles. The van der Waals surface area contributed by atoms with Gasteiger partial charge in [-0.15, -0.1) is 10.2 Å². The van der Waals surface area contributed by atoms with Crippen molar-refractivity contribution in [1.29, 1.82) is 0 Å². The Labute approximate surface area is 128 Å². The van der Waals surface area contributed by atoms with Gasteiger partial charge in [0.25, 0.3) is 0 Å². The van der Waals surface area contributed by atoms with Gasteiger partial charge in [-0.05, 0) is 31.2 Å². The Morgan fingerprint density at radius 2 is 2.00 bits per heavy atom. The molecule has 6 nitrogen and oxygen atoms in total. The molecule has 0 atom stereocenters. The van der Waals surface area contributed by atoms with Gasteiger partial charge in [0.05, 0.1) is 11.8 Å². The molecule has 4 aromatic rings. The van der Waals surface area contributed by atoms with Crippen molar-refractivity contribution in [2.24, 2.45) is 0 Å². The maximum atomic E-state index is 5.91. The van der Waals surface area contributed by atoms with Crippen LogP contribution in [0.5, 0.6) is 0 Å². The van der Waals surface area contributed by atoms with E-state index in [-0.39, 0.29) is 0 Å². The van der Waals surface area contributed by atoms with Crippen LogP contribution in [0.1, 0.15) is 5.69 Å². The summed E-state index contributed by atoms with van der Waals surface area (Å²) in [4.78, 5) is 0.746. The van der Waals surface area contributed by atoms with Gasteiger partial charge >= 0.3 is 0 Å². The van der Waals surface area contributed by atoms with Gasteiger partial charge in [0.2, 0.25) is 4.96 Å². The molecule has 1 N–H and O–H groups in total. The first-order valence-corrected chi connectivity index (χ1v) is 7.40. The molecule has 0 fully saturated rings. The van der Waals surface area contributed by atoms with Crippen LogP contribution in [0, 0.1) is 6.92 Å². The zero-order valence-electron chi connectivity index (χ0n) is 10.9. The molecule has 0 spiro atoms. The van der Waals surface area contributed by atoms with Gasteiger partial charge in [-0.25, -0.2) is 0 Å². The van der Waals surface area contributed by atoms with E-state index >= 15 is 0 Å². The fourth-order valence-corrected chi connectivity index (χ4v) is 3.10. The molecule has 4 rings (SSSR count). The average Bonchev–Trinajstić information content (AvgIpc) is 3.14. The van der Waals surface area contributed by atoms with Crippen molar-refractivity contribution in [3.8, 4) is 22.0 Å². The molecule has 0 aliphatic rings. The van der Waals surface area contributed by atoms with Gasteiger partial charge in [-0.1, -0.05) is 22.9 Å². The first-order valence-electron chi connectivity index (χ1n) is 6.21. The molecule has 0 unspecified atom stereocenters. The molecule has 0 saturated heterocycles. The second-order valence-electron chi connectivity index (χ2n) is 4.54. The lowest BCUT2D eigenvalue weighted by molar-refractivity contribution is 0.970. The van der Waals surface area contributed by atoms with E-state index in [1.54, 1.807) is 10.7 Å². The summed E-state index contributed by atoms with van der Waals surface area (Å²) in [5.41, 5.74) is 2.88. The first kappa shape index (κ1) is 12.5. The Balaban J connectivity index is 1.87. The number of fused-ring (bicyclic) bond motifs is 1. The third-order valence-electron chi connectivity index (χ3n) is 3.15. The maximum absolute atomic E-state index is 5.91. The van der Waals surface area contributed by atoms with E-state index in [1.807, 2.05) is 31.2 Å². The number of rotatable bonds is 2. The molecule has 0 aliphatic heterocycles. The van der Waals surface area contributed by atoms with Gasteiger partial charge < -0.3 is 0 Å². The van der Waals surface area contributed by atoms with E-state index in [1.165, 1.54) is 11.3 Å². The number of nitrogens with zero attached hydrogens (tertiary/aromatic N) is 5. The highest BCUT2D eigenvalue weighted by Crippen LogP contribution is 2.29. The molecule has 104 valence electrons. The third kappa shape index (κ3) is 2.01. The topological polar surface area (TPSA) is 71.8 Å². The quantitative estimate of drug-likeness (QED) is 0.616. The zero-order valence-corrected chi connectivity index (χ0v) is 12.5. The van der Waals surface area contributed by atoms with Gasteiger partial charge in [-0.2, -0.15) is 14.7 Å². The molecule has 0 amide bonds. The monoisotopic (exact) mass is 316 g/mol. The van der Waals surface area contributed by atoms with E-state index < -0.39 is 0 Å². The molecule has 0 bridgehead atoms. The predicted octanol–water partition coefficient (Wildman–Crippen LogP) is 3.20. The Bertz CT molecular complexity index is 920. The summed E-state index contributed by atoms with van der Waals surface area (Å²) in [6.07, 6.45) is 1.77. The van der Waals surface area contributed by atoms with Gasteiger partial charge in [0, 0.05) is 16.3 Å². The van der Waals surface area contributed by atoms with Crippen LogP contribution in [0.3, 0.4) is 0 Å². The molecule has 3 heterocycles. The van der Waals surface area contributed by atoms with Crippen LogP contribution in [0.25, 0.3) is 26.9 Å². The van der Waals surface area contributed by atoms with Crippen LogP contribution in [-0.4, -0.2) is 30.0 Å². The number of aromatic nitrogens is 6. The molecule has 1 aromatic carbocycles. The summed E-state index contributed by atoms with van der Waals surface area (Å²) in [5, 5.41) is 21.5. The lowest BCUT2D eigenvalue weighted by Crippen LogP contribution is -1.91. The molecular weight excluding hydrogens is 308 g/mol. The van der Waals surface area contributed by atoms with Crippen molar-refractivity contribution in [2.75, 3.05) is 0 Å². The molecule has 21 heavy (non-hydrogen) atoms. The number of nitrogens with one attached hydrogen (secondary N) is 1. The van der Waals surface area contributed by atoms with E-state index in [0.717, 1.165) is 26.8 Å². The van der Waals surface area contributed by atoms with Crippen LogP contribution in [0.15, 0.2) is 30.5 Å². The van der Waals surface area contributed by atoms with Gasteiger partial charge in [0.1, 0.15) is 0 Å². The van der Waals surface area contributed by atoms with Crippen LogP contribution in [0.2, 0.25) is 5.02 Å². The zero-order chi connectivity index (χ0) is 14.4. The highest BCUT2D eigenvalue weighted by Gasteiger charge is 2.16. The standard InChI is InChI=1S/C13H9ClN6S/c1-7-10(6-15-16-7)12-19-20-11(17-18-13(20)21-12)8-2-4-9(14)5-3-8/h2-6H,1H3,(H,15,16).